The molecule has 7 nitrogen and oxygen atoms in total. The van der Waals surface area contributed by atoms with E-state index in [-0.39, 0.29) is 18.0 Å². The number of furan rings is 1. The van der Waals surface area contributed by atoms with Gasteiger partial charge < -0.3 is 14.5 Å². The molecule has 0 radical (unpaired) electrons. The predicted molar refractivity (Wildman–Crippen MR) is 87.8 cm³/mol. The van der Waals surface area contributed by atoms with Crippen molar-refractivity contribution in [2.75, 3.05) is 12.4 Å². The first kappa shape index (κ1) is 15.5. The number of nitrogens with one attached hydrogen (secondary N) is 1. The lowest BCUT2D eigenvalue weighted by atomic mass is 10.3. The summed E-state index contributed by atoms with van der Waals surface area (Å²) >= 11 is 0. The summed E-state index contributed by atoms with van der Waals surface area (Å²) in [6.07, 6.45) is 2.83. The number of carbonyl (C=O) groups is 1. The molecule has 0 saturated heterocycles. The van der Waals surface area contributed by atoms with Gasteiger partial charge in [-0.3, -0.25) is 14.2 Å². The van der Waals surface area contributed by atoms with Gasteiger partial charge in [0, 0.05) is 17.8 Å². The number of ether oxygens (including phenoxy) is 1. The minimum absolute atomic E-state index is 0.137. The molecular weight excluding hydrogens is 310 g/mol. The number of methoxy groups -OCH3 is 1. The Labute approximate surface area is 137 Å². The summed E-state index contributed by atoms with van der Waals surface area (Å²) in [7, 11) is 1.55. The van der Waals surface area contributed by atoms with Crippen LogP contribution in [0.1, 0.15) is 0 Å². The number of hydrogen-bond acceptors (Lipinski definition) is 5. The van der Waals surface area contributed by atoms with E-state index in [2.05, 4.69) is 10.3 Å². The molecule has 7 heteroatoms. The molecular formula is C17H15N3O4. The molecule has 0 saturated carbocycles. The van der Waals surface area contributed by atoms with Crippen LogP contribution in [0.4, 0.5) is 5.69 Å². The first-order chi connectivity index (χ1) is 11.7. The fraction of sp³-hybridized carbons (Fsp3) is 0.118. The maximum absolute atomic E-state index is 12.1. The second-order valence-electron chi connectivity index (χ2n) is 5.00. The highest BCUT2D eigenvalue weighted by Gasteiger charge is 2.09. The molecule has 2 heterocycles. The van der Waals surface area contributed by atoms with Crippen molar-refractivity contribution in [1.82, 2.24) is 9.55 Å². The second-order valence-corrected chi connectivity index (χ2v) is 5.00. The Kier molecular flexibility index (Phi) is 4.42. The topological polar surface area (TPSA) is 86.4 Å². The molecule has 0 unspecified atom stereocenters. The van der Waals surface area contributed by atoms with Gasteiger partial charge in [-0.05, 0) is 24.3 Å². The molecule has 0 aliphatic heterocycles. The number of nitrogens with zero attached hydrogens (tertiary/aromatic N) is 2. The molecule has 0 aliphatic rings. The first-order valence-electron chi connectivity index (χ1n) is 7.20. The van der Waals surface area contributed by atoms with Gasteiger partial charge in [0.25, 0.3) is 5.56 Å². The molecule has 0 bridgehead atoms. The summed E-state index contributed by atoms with van der Waals surface area (Å²) in [6, 6.07) is 11.7. The Hall–Kier alpha value is -3.35. The number of rotatable bonds is 5. The fourth-order valence-electron chi connectivity index (χ4n) is 2.16. The average Bonchev–Trinajstić information content (AvgIpc) is 3.11. The van der Waals surface area contributed by atoms with Crippen LogP contribution in [0.5, 0.6) is 5.75 Å². The third kappa shape index (κ3) is 3.52. The van der Waals surface area contributed by atoms with Gasteiger partial charge in [0.1, 0.15) is 18.0 Å². The molecule has 122 valence electrons. The zero-order valence-corrected chi connectivity index (χ0v) is 12.9. The number of carbonyl (C=O) groups excluding carboxylic acids is 1. The molecule has 2 aromatic heterocycles. The van der Waals surface area contributed by atoms with Crippen molar-refractivity contribution in [3.8, 4) is 17.2 Å². The lowest BCUT2D eigenvalue weighted by Gasteiger charge is -2.08. The number of aromatic nitrogens is 2. The van der Waals surface area contributed by atoms with E-state index in [1.54, 1.807) is 43.5 Å². The van der Waals surface area contributed by atoms with Crippen LogP contribution in [0.25, 0.3) is 11.5 Å². The van der Waals surface area contributed by atoms with Crippen molar-refractivity contribution in [3.05, 3.63) is 65.4 Å². The van der Waals surface area contributed by atoms with Crippen molar-refractivity contribution in [3.63, 3.8) is 0 Å². The molecule has 1 aromatic carbocycles. The number of hydrogen-bond donors (Lipinski definition) is 1. The molecule has 1 amide bonds. The van der Waals surface area contributed by atoms with E-state index in [9.17, 15) is 9.59 Å². The van der Waals surface area contributed by atoms with Gasteiger partial charge in [-0.2, -0.15) is 0 Å². The van der Waals surface area contributed by atoms with Crippen LogP contribution in [0.15, 0.2) is 64.3 Å². The fourth-order valence-corrected chi connectivity index (χ4v) is 2.16. The summed E-state index contributed by atoms with van der Waals surface area (Å²) in [5.74, 6) is 0.799. The van der Waals surface area contributed by atoms with Crippen molar-refractivity contribution in [2.45, 2.75) is 6.54 Å². The van der Waals surface area contributed by atoms with Crippen LogP contribution in [0, 0.1) is 0 Å². The van der Waals surface area contributed by atoms with Crippen LogP contribution in [-0.4, -0.2) is 22.6 Å². The maximum atomic E-state index is 12.1. The van der Waals surface area contributed by atoms with Gasteiger partial charge in [-0.25, -0.2) is 4.98 Å². The molecule has 0 atom stereocenters. The average molecular weight is 325 g/mol. The minimum atomic E-state index is -0.336. The number of benzene rings is 1. The SMILES string of the molecule is COc1cccc(NC(=O)Cn2cnc(-c3ccco3)cc2=O)c1. The second kappa shape index (κ2) is 6.82. The summed E-state index contributed by atoms with van der Waals surface area (Å²) in [6.45, 7) is -0.137. The quantitative estimate of drug-likeness (QED) is 0.777. The van der Waals surface area contributed by atoms with Gasteiger partial charge in [-0.15, -0.1) is 0 Å². The Morgan fingerprint density at radius 2 is 2.17 bits per heavy atom. The molecule has 0 fully saturated rings. The normalized spacial score (nSPS) is 10.4. The molecule has 0 aliphatic carbocycles. The molecule has 1 N–H and O–H groups in total. The third-order valence-corrected chi connectivity index (χ3v) is 3.32. The van der Waals surface area contributed by atoms with Crippen LogP contribution >= 0.6 is 0 Å². The molecule has 3 aromatic rings. The lowest BCUT2D eigenvalue weighted by molar-refractivity contribution is -0.116. The van der Waals surface area contributed by atoms with Crippen LogP contribution in [0.3, 0.4) is 0 Å². The first-order valence-corrected chi connectivity index (χ1v) is 7.20. The van der Waals surface area contributed by atoms with E-state index >= 15 is 0 Å². The standard InChI is InChI=1S/C17H15N3O4/c1-23-13-5-2-4-12(8-13)19-16(21)10-20-11-18-14(9-17(20)22)15-6-3-7-24-15/h2-9,11H,10H2,1H3,(H,19,21). The molecule has 24 heavy (non-hydrogen) atoms. The van der Waals surface area contributed by atoms with Crippen LogP contribution in [-0.2, 0) is 11.3 Å². The molecule has 0 spiro atoms. The van der Waals surface area contributed by atoms with E-state index in [0.29, 0.717) is 22.9 Å². The van der Waals surface area contributed by atoms with Crippen molar-refractivity contribution < 1.29 is 13.9 Å². The maximum Gasteiger partial charge on any atom is 0.254 e. The number of amides is 1. The summed E-state index contributed by atoms with van der Waals surface area (Å²) < 4.78 is 11.5. The molecule has 3 rings (SSSR count). The highest BCUT2D eigenvalue weighted by molar-refractivity contribution is 5.90. The van der Waals surface area contributed by atoms with Crippen molar-refractivity contribution in [1.29, 1.82) is 0 Å². The summed E-state index contributed by atoms with van der Waals surface area (Å²) in [4.78, 5) is 28.3. The van der Waals surface area contributed by atoms with E-state index in [1.807, 2.05) is 0 Å². The Morgan fingerprint density at radius 3 is 2.88 bits per heavy atom. The van der Waals surface area contributed by atoms with E-state index < -0.39 is 0 Å². The largest absolute Gasteiger partial charge is 0.497 e. The Bertz CT molecular complexity index is 900. The van der Waals surface area contributed by atoms with Gasteiger partial charge in [0.2, 0.25) is 5.91 Å². The van der Waals surface area contributed by atoms with Crippen molar-refractivity contribution in [2.24, 2.45) is 0 Å². The van der Waals surface area contributed by atoms with Gasteiger partial charge >= 0.3 is 0 Å². The zero-order chi connectivity index (χ0) is 16.9. The van der Waals surface area contributed by atoms with Crippen LogP contribution in [0.2, 0.25) is 0 Å². The van der Waals surface area contributed by atoms with Gasteiger partial charge in [0.05, 0.1) is 19.7 Å². The predicted octanol–water partition coefficient (Wildman–Crippen LogP) is 2.15. The third-order valence-electron chi connectivity index (χ3n) is 3.32. The lowest BCUT2D eigenvalue weighted by Crippen LogP contribution is -2.27. The van der Waals surface area contributed by atoms with E-state index in [1.165, 1.54) is 23.2 Å². The van der Waals surface area contributed by atoms with Crippen LogP contribution < -0.4 is 15.6 Å². The zero-order valence-electron chi connectivity index (χ0n) is 12.9. The monoisotopic (exact) mass is 325 g/mol. The Morgan fingerprint density at radius 1 is 1.29 bits per heavy atom. The highest BCUT2D eigenvalue weighted by Crippen LogP contribution is 2.17. The minimum Gasteiger partial charge on any atom is -0.497 e. The summed E-state index contributed by atoms with van der Waals surface area (Å²) in [5.41, 5.74) is 0.680. The van der Waals surface area contributed by atoms with Crippen molar-refractivity contribution >= 4 is 11.6 Å². The summed E-state index contributed by atoms with van der Waals surface area (Å²) in [5, 5.41) is 2.71. The van der Waals surface area contributed by atoms with Gasteiger partial charge in [-0.1, -0.05) is 6.07 Å². The van der Waals surface area contributed by atoms with E-state index in [0.717, 1.165) is 0 Å². The highest BCUT2D eigenvalue weighted by atomic mass is 16.5. The number of anilines is 1. The Balaban J connectivity index is 1.71. The van der Waals surface area contributed by atoms with Gasteiger partial charge in [0.15, 0.2) is 5.76 Å². The smallest absolute Gasteiger partial charge is 0.254 e. The van der Waals surface area contributed by atoms with E-state index in [4.69, 9.17) is 9.15 Å².